The smallest absolute Gasteiger partial charge is 0.0719 e. The average molecular weight is 1350 g/mol. The Bertz CT molecular complexity index is 7670. The van der Waals surface area contributed by atoms with E-state index >= 15 is 0 Å². The molecule has 0 aliphatic heterocycles. The van der Waals surface area contributed by atoms with E-state index in [0.717, 1.165) is 16.2 Å². The molecule has 0 spiro atoms. The van der Waals surface area contributed by atoms with Crippen LogP contribution >= 0.6 is 34.0 Å². The molecule has 0 N–H and O–H groups in total. The number of rotatable bonds is 3. The van der Waals surface area contributed by atoms with Crippen LogP contribution in [0.1, 0.15) is 0 Å². The van der Waals surface area contributed by atoms with Gasteiger partial charge < -0.3 is 13.7 Å². The number of hydrogen-bond acceptors (Lipinski definition) is 6. The van der Waals surface area contributed by atoms with Crippen LogP contribution in [-0.4, -0.2) is 28.7 Å². The molecule has 0 atom stereocenters. The Balaban J connectivity index is 0.0000000967. The summed E-state index contributed by atoms with van der Waals surface area (Å²) in [6.45, 7) is 0. The van der Waals surface area contributed by atoms with Crippen LogP contribution in [-0.2, 0) is 0 Å². The second kappa shape index (κ2) is 22.4. The first-order valence-corrected chi connectivity index (χ1v) is 36.9. The van der Waals surface area contributed by atoms with Gasteiger partial charge in [0, 0.05) is 164 Å². The number of para-hydroxylation sites is 1. The van der Waals surface area contributed by atoms with Crippen LogP contribution < -0.4 is 0 Å². The minimum absolute atomic E-state index is 1.16. The Kier molecular flexibility index (Phi) is 12.6. The second-order valence-corrected chi connectivity index (χ2v) is 29.8. The SMILES string of the molecule is c1ccc2c(c1)ccc1c2c2ccc3c4ccccc4sc3c2n1-c1ccc2cnccc2c1.c1ccc2c(c1)sc1c2c2ccccc2c2c1c1ccccc1n2-c1ccc2cnccc2c1.c1ccc2cc3c(cc2c1)c1cc2sc4ccccc4c2cc1n3-c1ccc2cnccc2c1. The van der Waals surface area contributed by atoms with Crippen molar-refractivity contribution in [2.24, 2.45) is 0 Å². The van der Waals surface area contributed by atoms with Crippen molar-refractivity contribution in [3.8, 4) is 17.1 Å². The maximum atomic E-state index is 4.30. The second-order valence-electron chi connectivity index (χ2n) is 26.6. The highest BCUT2D eigenvalue weighted by Gasteiger charge is 2.24. The van der Waals surface area contributed by atoms with E-state index in [4.69, 9.17) is 0 Å². The van der Waals surface area contributed by atoms with Crippen molar-refractivity contribution in [3.05, 3.63) is 328 Å². The van der Waals surface area contributed by atoms with Gasteiger partial charge in [0.25, 0.3) is 0 Å². The van der Waals surface area contributed by atoms with Crippen molar-refractivity contribution in [2.75, 3.05) is 0 Å². The Morgan fingerprint density at radius 3 is 1.35 bits per heavy atom. The van der Waals surface area contributed by atoms with Gasteiger partial charge in [-0.05, 0) is 152 Å². The molecule has 0 saturated carbocycles. The van der Waals surface area contributed by atoms with Gasteiger partial charge in [0.2, 0.25) is 0 Å². The van der Waals surface area contributed by atoms with Gasteiger partial charge >= 0.3 is 0 Å². The number of benzene rings is 15. The lowest BCUT2D eigenvalue weighted by Gasteiger charge is -2.12. The first-order chi connectivity index (χ1) is 50.6. The van der Waals surface area contributed by atoms with Crippen LogP contribution in [0.25, 0.3) is 208 Å². The molecule has 24 rings (SSSR count). The summed E-state index contributed by atoms with van der Waals surface area (Å²) < 4.78 is 15.4. The molecule has 0 bridgehead atoms. The van der Waals surface area contributed by atoms with E-state index in [0.29, 0.717) is 0 Å². The molecule has 0 unspecified atom stereocenters. The van der Waals surface area contributed by atoms with Crippen molar-refractivity contribution in [1.29, 1.82) is 0 Å². The molecule has 0 aliphatic carbocycles. The summed E-state index contributed by atoms with van der Waals surface area (Å²) in [4.78, 5) is 12.9. The molecule has 24 aromatic rings. The highest BCUT2D eigenvalue weighted by Crippen LogP contribution is 2.50. The quantitative estimate of drug-likeness (QED) is 0.177. The van der Waals surface area contributed by atoms with Crippen molar-refractivity contribution in [2.45, 2.75) is 0 Å². The summed E-state index contributed by atoms with van der Waals surface area (Å²) in [5, 5.41) is 30.7. The van der Waals surface area contributed by atoms with Gasteiger partial charge in [-0.25, -0.2) is 0 Å². The van der Waals surface area contributed by atoms with E-state index in [1.54, 1.807) is 0 Å². The first-order valence-electron chi connectivity index (χ1n) is 34.4. The van der Waals surface area contributed by atoms with Crippen LogP contribution in [0.2, 0.25) is 0 Å². The summed E-state index contributed by atoms with van der Waals surface area (Å²) >= 11 is 5.68. The highest BCUT2D eigenvalue weighted by atomic mass is 32.1. The number of nitrogens with zero attached hydrogens (tertiary/aromatic N) is 6. The third kappa shape index (κ3) is 8.66. The van der Waals surface area contributed by atoms with Gasteiger partial charge in [0.1, 0.15) is 0 Å². The van der Waals surface area contributed by atoms with Gasteiger partial charge in [-0.1, -0.05) is 182 Å². The third-order valence-corrected chi connectivity index (χ3v) is 24.6. The molecule has 9 aromatic heterocycles. The molecule has 474 valence electrons. The first kappa shape index (κ1) is 57.3. The molecule has 6 nitrogen and oxygen atoms in total. The monoisotopic (exact) mass is 1350 g/mol. The molecule has 9 heterocycles. The van der Waals surface area contributed by atoms with Crippen LogP contribution in [0.3, 0.4) is 0 Å². The normalized spacial score (nSPS) is 12.1. The average Bonchev–Trinajstić information content (AvgIpc) is 1.56. The Hall–Kier alpha value is -12.6. The summed E-state index contributed by atoms with van der Waals surface area (Å²) in [6.07, 6.45) is 11.4. The molecule has 0 saturated heterocycles. The molecule has 0 fully saturated rings. The molecule has 0 amide bonds. The zero-order valence-electron chi connectivity index (χ0n) is 54.6. The van der Waals surface area contributed by atoms with Gasteiger partial charge in [0.05, 0.1) is 37.8 Å². The zero-order chi connectivity index (χ0) is 66.7. The third-order valence-electron chi connectivity index (χ3n) is 21.1. The number of pyridine rings is 3. The molecule has 0 aliphatic rings. The van der Waals surface area contributed by atoms with Gasteiger partial charge in [0.15, 0.2) is 0 Å². The predicted molar refractivity (Wildman–Crippen MR) is 439 cm³/mol. The molecule has 102 heavy (non-hydrogen) atoms. The lowest BCUT2D eigenvalue weighted by molar-refractivity contribution is 1.19. The molecule has 9 heteroatoms. The zero-order valence-corrected chi connectivity index (χ0v) is 57.0. The number of aromatic nitrogens is 6. The fourth-order valence-electron chi connectivity index (χ4n) is 16.5. The predicted octanol–water partition coefficient (Wildman–Crippen LogP) is 26.6. The fraction of sp³-hybridized carbons (Fsp3) is 0. The standard InChI is InChI=1S/3C31H18N2S/c1-2-8-23-22(7-1)28-25-10-4-6-12-27(25)34-31(28)29-24-9-3-5-11-26(24)33(30(23)29)21-14-13-20-18-32-16-15-19(20)17-21;1-2-6-23-19(5-1)10-14-27-29(23)26-13-12-25-24-7-3-4-8-28(24)34-31(25)30(26)33(27)22-11-9-21-18-32-16-15-20(21)17-22;1-2-6-20-15-28-25(14-19(20)5-1)26-17-31-27(24-7-3-4-8-30(24)34-31)16-29(26)33(28)23-10-9-22-18-32-12-11-21(22)13-23/h3*1-18H. The summed E-state index contributed by atoms with van der Waals surface area (Å²) in [6, 6.07) is 106. The van der Waals surface area contributed by atoms with Crippen LogP contribution in [0.15, 0.2) is 328 Å². The maximum absolute atomic E-state index is 4.30. The van der Waals surface area contributed by atoms with Gasteiger partial charge in [-0.2, -0.15) is 0 Å². The lowest BCUT2D eigenvalue weighted by Crippen LogP contribution is -1.94. The molecule has 0 radical (unpaired) electrons. The van der Waals surface area contributed by atoms with Crippen LogP contribution in [0.4, 0.5) is 0 Å². The van der Waals surface area contributed by atoms with Crippen molar-refractivity contribution >= 4 is 225 Å². The van der Waals surface area contributed by atoms with E-state index < -0.39 is 0 Å². The number of thiophene rings is 3. The summed E-state index contributed by atoms with van der Waals surface area (Å²) in [5.74, 6) is 0. The molecular formula is C93H54N6S3. The Morgan fingerprint density at radius 2 is 0.676 bits per heavy atom. The van der Waals surface area contributed by atoms with Crippen molar-refractivity contribution in [1.82, 2.24) is 28.7 Å². The Labute approximate surface area is 594 Å². The molecular weight excluding hydrogens is 1300 g/mol. The number of hydrogen-bond donors (Lipinski definition) is 0. The fourth-order valence-corrected chi connectivity index (χ4v) is 20.2. The number of fused-ring (bicyclic) bond motifs is 29. The van der Waals surface area contributed by atoms with Crippen LogP contribution in [0.5, 0.6) is 0 Å². The van der Waals surface area contributed by atoms with Crippen molar-refractivity contribution < 1.29 is 0 Å². The maximum Gasteiger partial charge on any atom is 0.0719 e. The Morgan fingerprint density at radius 1 is 0.206 bits per heavy atom. The lowest BCUT2D eigenvalue weighted by atomic mass is 9.99. The topological polar surface area (TPSA) is 53.5 Å². The van der Waals surface area contributed by atoms with E-state index in [2.05, 4.69) is 320 Å². The summed E-state index contributed by atoms with van der Waals surface area (Å²) in [5.41, 5.74) is 11.1. The van der Waals surface area contributed by atoms with E-state index in [9.17, 15) is 0 Å². The largest absolute Gasteiger partial charge is 0.309 e. The van der Waals surface area contributed by atoms with Gasteiger partial charge in [-0.3, -0.25) is 15.0 Å². The van der Waals surface area contributed by atoms with E-state index in [1.807, 2.05) is 71.2 Å². The van der Waals surface area contributed by atoms with Crippen LogP contribution in [0, 0.1) is 0 Å². The summed E-state index contributed by atoms with van der Waals surface area (Å²) in [7, 11) is 0. The highest BCUT2D eigenvalue weighted by molar-refractivity contribution is 7.27. The van der Waals surface area contributed by atoms with Gasteiger partial charge in [-0.15, -0.1) is 34.0 Å². The minimum Gasteiger partial charge on any atom is -0.309 e. The van der Waals surface area contributed by atoms with E-state index in [1.165, 1.54) is 191 Å². The molecule has 15 aromatic carbocycles. The minimum atomic E-state index is 1.16. The van der Waals surface area contributed by atoms with E-state index in [-0.39, 0.29) is 0 Å². The van der Waals surface area contributed by atoms with Crippen molar-refractivity contribution in [3.63, 3.8) is 0 Å².